The number of rotatable bonds is 25. The van der Waals surface area contributed by atoms with E-state index in [0.29, 0.717) is 49.5 Å². The molecule has 0 bridgehead atoms. The fourth-order valence-electron chi connectivity index (χ4n) is 4.70. The number of hydrogen-bond donors (Lipinski definition) is 8. The van der Waals surface area contributed by atoms with Gasteiger partial charge in [0.15, 0.2) is 0 Å². The summed E-state index contributed by atoms with van der Waals surface area (Å²) in [5, 5.41) is 46.5. The highest BCUT2D eigenvalue weighted by Crippen LogP contribution is 2.29. The molecule has 2 atom stereocenters. The van der Waals surface area contributed by atoms with Crippen LogP contribution in [0.3, 0.4) is 0 Å². The smallest absolute Gasteiger partial charge is 0.345 e. The van der Waals surface area contributed by atoms with Crippen molar-refractivity contribution in [1.29, 1.82) is 5.26 Å². The number of alkyl halides is 5. The van der Waals surface area contributed by atoms with Crippen LogP contribution >= 0.6 is 0 Å². The van der Waals surface area contributed by atoms with Gasteiger partial charge in [-0.3, -0.25) is 24.0 Å². The summed E-state index contributed by atoms with van der Waals surface area (Å²) in [6, 6.07) is 9.67. The topological polar surface area (TPSA) is 275 Å². The molecule has 0 aromatic heterocycles. The Kier molecular flexibility index (Phi) is 59.8. The zero-order chi connectivity index (χ0) is 69.2. The molecule has 1 aromatic rings. The van der Waals surface area contributed by atoms with Crippen LogP contribution in [-0.2, 0) is 43.0 Å². The molecule has 0 spiro atoms. The van der Waals surface area contributed by atoms with Crippen LogP contribution in [0.4, 0.5) is 22.0 Å². The highest BCUT2D eigenvalue weighted by Gasteiger charge is 2.38. The minimum atomic E-state index is -2.76. The van der Waals surface area contributed by atoms with Crippen LogP contribution in [0.1, 0.15) is 189 Å². The molecule has 2 unspecified atom stereocenters. The third kappa shape index (κ3) is 76.8. The third-order valence-corrected chi connectivity index (χ3v) is 10.3. The van der Waals surface area contributed by atoms with E-state index in [-0.39, 0.29) is 84.9 Å². The lowest BCUT2D eigenvalue weighted by Crippen LogP contribution is -2.39. The highest BCUT2D eigenvalue weighted by atomic mass is 19.3. The Morgan fingerprint density at radius 3 is 1.44 bits per heavy atom. The average molecular weight is 1260 g/mol. The summed E-state index contributed by atoms with van der Waals surface area (Å²) in [5.41, 5.74) is 1.16. The van der Waals surface area contributed by atoms with Gasteiger partial charge in [0.2, 0.25) is 29.5 Å². The van der Waals surface area contributed by atoms with Crippen LogP contribution < -0.4 is 26.6 Å². The minimum absolute atomic E-state index is 0.0101. The van der Waals surface area contributed by atoms with Crippen LogP contribution in [-0.4, -0.2) is 146 Å². The molecule has 3 rings (SSSR count). The normalized spacial score (nSPS) is 13.8. The van der Waals surface area contributed by atoms with Crippen molar-refractivity contribution < 1.29 is 80.2 Å². The number of carboxylic acids is 1. The van der Waals surface area contributed by atoms with Crippen molar-refractivity contribution in [3.63, 3.8) is 0 Å². The van der Waals surface area contributed by atoms with Gasteiger partial charge in [0.25, 0.3) is 6.43 Å². The van der Waals surface area contributed by atoms with E-state index in [4.69, 9.17) is 24.9 Å². The molecule has 87 heavy (non-hydrogen) atoms. The minimum Gasteiger partial charge on any atom is -0.478 e. The Hall–Kier alpha value is -5.28. The Labute approximate surface area is 520 Å². The molecule has 2 aliphatic rings. The standard InChI is InChI=1S/C10H11N.C8H17NO2.C7H13F2NO2.C7H12FNO.C7H14O.C7H16O.C6H11F2NO.C6H13NO2.C6H10O2/c1-8(2)10-5-3-4-9(6-10)7-11;1-6(2)7(10)9-5-8(3,4)11;1-5(2)6(11)10-3-4-12-7(8)9;1-4(2)7(10)9-6-3-5(6)8;1-6(2)8-5-7-3-4-7;1-6(2)5-8-7(3)4;1-4(2)6(10)9-3-5(7)8;1-5(2)6(9)7-3-4-8;1-5(2)3-4-6(7)8/h3-6,8H,1-2H3;6,11H,5H2,1-4H3,(H,9,10);5,7H,3-4H2,1-2H3,(H,10,11);4-6H,3H2,1-2H3,(H,9,10);6-7H,3-5H2,1-2H3;6-7H,5H2,1-4H3;4-5H,3H2,1-2H3,(H,9,10);5,8H,3-4H2,1-2H3,(H,7,9);3-5H,1-2H3,(H,7,8)/b;;;;;;;;4-3+. The van der Waals surface area contributed by atoms with Gasteiger partial charge in [0, 0.05) is 74.9 Å². The molecule has 0 aliphatic heterocycles. The number of nitrogens with one attached hydrogen (secondary N) is 5. The molecule has 8 N–H and O–H groups in total. The van der Waals surface area contributed by atoms with Crippen LogP contribution in [0.25, 0.3) is 0 Å². The largest absolute Gasteiger partial charge is 0.478 e. The van der Waals surface area contributed by atoms with Gasteiger partial charge in [0.05, 0.1) is 55.2 Å². The first-order valence-corrected chi connectivity index (χ1v) is 30.2. The summed E-state index contributed by atoms with van der Waals surface area (Å²) in [7, 11) is 0. The quantitative estimate of drug-likeness (QED) is 0.0257. The lowest BCUT2D eigenvalue weighted by Gasteiger charge is -2.18. The number of ether oxygens (including phenoxy) is 3. The molecule has 0 radical (unpaired) electrons. The van der Waals surface area contributed by atoms with Gasteiger partial charge in [-0.2, -0.15) is 14.0 Å². The van der Waals surface area contributed by atoms with Gasteiger partial charge in [0.1, 0.15) is 6.17 Å². The fourth-order valence-corrected chi connectivity index (χ4v) is 4.70. The number of nitriles is 1. The maximum Gasteiger partial charge on any atom is 0.345 e. The monoisotopic (exact) mass is 1260 g/mol. The first-order valence-electron chi connectivity index (χ1n) is 30.2. The summed E-state index contributed by atoms with van der Waals surface area (Å²) in [5.74, 6) is 0.564. The maximum atomic E-state index is 12.2. The number of carbonyl (C=O) groups is 6. The zero-order valence-corrected chi connectivity index (χ0v) is 56.8. The second-order valence-corrected chi connectivity index (χ2v) is 24.2. The maximum absolute atomic E-state index is 12.2. The van der Waals surface area contributed by atoms with E-state index in [0.717, 1.165) is 30.8 Å². The Morgan fingerprint density at radius 1 is 0.678 bits per heavy atom. The van der Waals surface area contributed by atoms with Gasteiger partial charge in [-0.1, -0.05) is 129 Å². The van der Waals surface area contributed by atoms with Crippen LogP contribution in [0.15, 0.2) is 36.4 Å². The van der Waals surface area contributed by atoms with Crippen molar-refractivity contribution in [2.24, 2.45) is 47.3 Å². The van der Waals surface area contributed by atoms with E-state index >= 15 is 0 Å². The lowest BCUT2D eigenvalue weighted by molar-refractivity contribution is -0.133. The van der Waals surface area contributed by atoms with Gasteiger partial charge in [-0.05, 0) is 95.8 Å². The summed E-state index contributed by atoms with van der Waals surface area (Å²) in [6.45, 7) is 40.9. The van der Waals surface area contributed by atoms with E-state index in [1.54, 1.807) is 61.5 Å². The number of carboxylic acid groups (broad SMARTS) is 1. The lowest BCUT2D eigenvalue weighted by atomic mass is 10.0. The summed E-state index contributed by atoms with van der Waals surface area (Å²) < 4.78 is 72.4. The van der Waals surface area contributed by atoms with Crippen molar-refractivity contribution in [1.82, 2.24) is 26.6 Å². The molecule has 0 saturated heterocycles. The first kappa shape index (κ1) is 92.9. The third-order valence-electron chi connectivity index (χ3n) is 10.3. The van der Waals surface area contributed by atoms with Crippen LogP contribution in [0, 0.1) is 58.7 Å². The highest BCUT2D eigenvalue weighted by molar-refractivity contribution is 5.80. The van der Waals surface area contributed by atoms with Crippen molar-refractivity contribution in [2.75, 3.05) is 52.6 Å². The number of benzene rings is 1. The molecule has 18 nitrogen and oxygen atoms in total. The Bertz CT molecular complexity index is 1970. The predicted molar refractivity (Wildman–Crippen MR) is 336 cm³/mol. The van der Waals surface area contributed by atoms with Crippen LogP contribution in [0.5, 0.6) is 0 Å². The number of halogens is 5. The number of aliphatic hydroxyl groups is 2. The molecule has 510 valence electrons. The molecule has 2 fully saturated rings. The van der Waals surface area contributed by atoms with Gasteiger partial charge in [-0.25, -0.2) is 18.0 Å². The van der Waals surface area contributed by atoms with E-state index in [9.17, 15) is 55.8 Å². The average Bonchev–Trinajstić information content (AvgIpc) is 4.59. The SMILES string of the molecule is CC(C)/C=C/C(=O)O.CC(C)C(=O)NC1CC1F.CC(C)C(=O)NCC(C)(C)O.CC(C)C(=O)NCC(F)F.CC(C)C(=O)NCCO.CC(C)C(=O)NCCOC(F)F.CC(C)COC(C)C.CC(C)OCC1CC1.CC(C)c1cccc(C#N)c1. The predicted octanol–water partition coefficient (Wildman–Crippen LogP) is 11.0. The number of carbonyl (C=O) groups excluding carboxylic acids is 5. The number of nitrogens with zero attached hydrogens (tertiary/aromatic N) is 1. The summed E-state index contributed by atoms with van der Waals surface area (Å²) in [4.78, 5) is 63.8. The van der Waals surface area contributed by atoms with Crippen molar-refractivity contribution in [2.45, 2.75) is 221 Å². The number of amides is 5. The molecule has 23 heteroatoms. The molecular formula is C64H117F5N6O12. The summed E-state index contributed by atoms with van der Waals surface area (Å²) >= 11 is 0. The van der Waals surface area contributed by atoms with Crippen molar-refractivity contribution in [3.05, 3.63) is 47.5 Å². The number of aliphatic hydroxyl groups excluding tert-OH is 1. The first-order chi connectivity index (χ1) is 40.0. The molecule has 0 heterocycles. The Balaban J connectivity index is -0.000000213. The van der Waals surface area contributed by atoms with Crippen molar-refractivity contribution >= 4 is 35.5 Å². The number of allylic oxidation sites excluding steroid dienone is 1. The Morgan fingerprint density at radius 2 is 1.13 bits per heavy atom. The molecule has 2 aliphatic carbocycles. The van der Waals surface area contributed by atoms with Crippen LogP contribution in [0.2, 0.25) is 0 Å². The number of aliphatic carboxylic acids is 1. The van der Waals surface area contributed by atoms with E-state index in [2.05, 4.69) is 92.8 Å². The van der Waals surface area contributed by atoms with E-state index in [1.165, 1.54) is 18.4 Å². The molecular weight excluding hydrogens is 1140 g/mol. The van der Waals surface area contributed by atoms with E-state index in [1.807, 2.05) is 65.8 Å². The second kappa shape index (κ2) is 56.0. The zero-order valence-electron chi connectivity index (χ0n) is 56.8. The van der Waals surface area contributed by atoms with Gasteiger partial charge in [-0.15, -0.1) is 0 Å². The summed E-state index contributed by atoms with van der Waals surface area (Å²) in [6.07, 6.45) is 3.66. The van der Waals surface area contributed by atoms with Crippen molar-refractivity contribution in [3.8, 4) is 6.07 Å². The molecule has 5 amide bonds. The second-order valence-electron chi connectivity index (χ2n) is 24.2. The van der Waals surface area contributed by atoms with Gasteiger partial charge >= 0.3 is 12.6 Å². The number of hydrogen-bond acceptors (Lipinski definition) is 12. The molecule has 1 aromatic carbocycles. The fraction of sp³-hybridized carbons (Fsp3) is 0.766. The molecule has 2 saturated carbocycles. The van der Waals surface area contributed by atoms with E-state index < -0.39 is 37.3 Å². The van der Waals surface area contributed by atoms with Gasteiger partial charge < -0.3 is 56.1 Å².